The van der Waals surface area contributed by atoms with Crippen molar-refractivity contribution >= 4 is 11.8 Å². The van der Waals surface area contributed by atoms with Gasteiger partial charge in [0.05, 0.1) is 13.5 Å². The first-order chi connectivity index (χ1) is 13.7. The molecule has 0 saturated carbocycles. The lowest BCUT2D eigenvalue weighted by molar-refractivity contribution is -0.140. The molecule has 1 aliphatic carbocycles. The Morgan fingerprint density at radius 2 is 2.04 bits per heavy atom. The van der Waals surface area contributed by atoms with Crippen LogP contribution in [-0.2, 0) is 22.4 Å². The molecule has 2 aliphatic rings. The number of methoxy groups -OCH3 is 1. The zero-order valence-corrected chi connectivity index (χ0v) is 16.1. The number of fused-ring (bicyclic) bond motifs is 1. The van der Waals surface area contributed by atoms with Crippen LogP contribution in [0.2, 0.25) is 0 Å². The highest BCUT2D eigenvalue weighted by atomic mass is 16.5. The summed E-state index contributed by atoms with van der Waals surface area (Å²) in [4.78, 5) is 22.1. The number of ether oxygens (including phenoxy) is 2. The third-order valence-corrected chi connectivity index (χ3v) is 5.42. The molecule has 28 heavy (non-hydrogen) atoms. The highest BCUT2D eigenvalue weighted by molar-refractivity contribution is 5.69. The number of likely N-dealkylation sites (tertiary alicyclic amines) is 1. The van der Waals surface area contributed by atoms with E-state index in [4.69, 9.17) is 9.47 Å². The highest BCUT2D eigenvalue weighted by Crippen LogP contribution is 2.25. The fourth-order valence-electron chi connectivity index (χ4n) is 3.97. The van der Waals surface area contributed by atoms with Gasteiger partial charge in [0.25, 0.3) is 0 Å². The zero-order chi connectivity index (χ0) is 19.3. The summed E-state index contributed by atoms with van der Waals surface area (Å²) < 4.78 is 10.8. The van der Waals surface area contributed by atoms with Crippen molar-refractivity contribution in [2.24, 2.45) is 0 Å². The van der Waals surface area contributed by atoms with E-state index in [1.807, 2.05) is 6.07 Å². The second kappa shape index (κ2) is 8.56. The molecule has 148 valence electrons. The Morgan fingerprint density at radius 3 is 2.79 bits per heavy atom. The van der Waals surface area contributed by atoms with Gasteiger partial charge in [-0.25, -0.2) is 9.97 Å². The largest absolute Gasteiger partial charge is 0.473 e. The molecular weight excluding hydrogens is 356 g/mol. The molecular formula is C21H26N4O3. The van der Waals surface area contributed by atoms with E-state index < -0.39 is 0 Å². The normalized spacial score (nSPS) is 19.4. The quantitative estimate of drug-likeness (QED) is 0.735. The lowest BCUT2D eigenvalue weighted by atomic mass is 10.1. The molecule has 1 aromatic carbocycles. The average Bonchev–Trinajstić information content (AvgIpc) is 3.32. The molecule has 1 N–H and O–H groups in total. The van der Waals surface area contributed by atoms with E-state index >= 15 is 0 Å². The van der Waals surface area contributed by atoms with Crippen LogP contribution < -0.4 is 10.1 Å². The number of esters is 1. The minimum absolute atomic E-state index is 0.0798. The van der Waals surface area contributed by atoms with Crippen LogP contribution in [0.15, 0.2) is 36.7 Å². The summed E-state index contributed by atoms with van der Waals surface area (Å²) in [7, 11) is 1.42. The van der Waals surface area contributed by atoms with E-state index in [0.29, 0.717) is 24.9 Å². The van der Waals surface area contributed by atoms with Crippen LogP contribution >= 0.6 is 0 Å². The summed E-state index contributed by atoms with van der Waals surface area (Å²) in [6, 6.07) is 10.8. The predicted molar refractivity (Wildman–Crippen MR) is 105 cm³/mol. The summed E-state index contributed by atoms with van der Waals surface area (Å²) in [5.41, 5.74) is 2.81. The van der Waals surface area contributed by atoms with Crippen LogP contribution in [-0.4, -0.2) is 59.7 Å². The van der Waals surface area contributed by atoms with Gasteiger partial charge in [-0.3, -0.25) is 9.69 Å². The third-order valence-electron chi connectivity index (χ3n) is 5.42. The molecule has 1 atom stereocenters. The minimum atomic E-state index is -0.176. The van der Waals surface area contributed by atoms with E-state index in [1.165, 1.54) is 18.2 Å². The highest BCUT2D eigenvalue weighted by Gasteiger charge is 2.25. The summed E-state index contributed by atoms with van der Waals surface area (Å²) in [5, 5.41) is 3.51. The van der Waals surface area contributed by atoms with Gasteiger partial charge in [-0.1, -0.05) is 24.3 Å². The second-order valence-electron chi connectivity index (χ2n) is 7.41. The first kappa shape index (κ1) is 18.7. The minimum Gasteiger partial charge on any atom is -0.473 e. The molecule has 2 aromatic rings. The summed E-state index contributed by atoms with van der Waals surface area (Å²) in [6.45, 7) is 2.41. The number of carbonyl (C=O) groups is 1. The number of anilines is 1. The van der Waals surface area contributed by atoms with Crippen LogP contribution in [0.5, 0.6) is 5.88 Å². The van der Waals surface area contributed by atoms with Gasteiger partial charge in [-0.05, 0) is 30.4 Å². The van der Waals surface area contributed by atoms with E-state index in [2.05, 4.69) is 44.5 Å². The van der Waals surface area contributed by atoms with Crippen LogP contribution in [0.3, 0.4) is 0 Å². The number of rotatable bonds is 7. The number of hydrogen-bond acceptors (Lipinski definition) is 7. The maximum Gasteiger partial charge on any atom is 0.306 e. The van der Waals surface area contributed by atoms with Gasteiger partial charge in [0.1, 0.15) is 18.2 Å². The number of nitrogens with zero attached hydrogens (tertiary/aromatic N) is 3. The molecule has 1 unspecified atom stereocenters. The molecule has 1 aliphatic heterocycles. The van der Waals surface area contributed by atoms with Crippen molar-refractivity contribution in [1.82, 2.24) is 14.9 Å². The number of carbonyl (C=O) groups excluding carboxylic acids is 1. The van der Waals surface area contributed by atoms with Crippen molar-refractivity contribution < 1.29 is 14.3 Å². The zero-order valence-electron chi connectivity index (χ0n) is 16.1. The standard InChI is InChI=1S/C21H26N4O3/c1-27-21(26)7-9-25-8-6-18(13-25)28-20-12-19(22-14-23-20)24-17-10-15-4-2-3-5-16(15)11-17/h2-5,12,14,17-18H,6-11,13H2,1H3,(H,22,23,24). The Kier molecular flexibility index (Phi) is 5.71. The monoisotopic (exact) mass is 382 g/mol. The van der Waals surface area contributed by atoms with Gasteiger partial charge in [-0.2, -0.15) is 0 Å². The van der Waals surface area contributed by atoms with E-state index in [0.717, 1.165) is 38.2 Å². The SMILES string of the molecule is COC(=O)CCN1CCC(Oc2cc(NC3Cc4ccccc4C3)ncn2)C1. The first-order valence-corrected chi connectivity index (χ1v) is 9.81. The van der Waals surface area contributed by atoms with E-state index in [1.54, 1.807) is 6.33 Å². The van der Waals surface area contributed by atoms with Crippen LogP contribution in [0.1, 0.15) is 24.0 Å². The van der Waals surface area contributed by atoms with Crippen LogP contribution in [0.25, 0.3) is 0 Å². The van der Waals surface area contributed by atoms with Gasteiger partial charge >= 0.3 is 5.97 Å². The predicted octanol–water partition coefficient (Wildman–Crippen LogP) is 2.07. The fraction of sp³-hybridized carbons (Fsp3) is 0.476. The van der Waals surface area contributed by atoms with Crippen molar-refractivity contribution in [1.29, 1.82) is 0 Å². The van der Waals surface area contributed by atoms with Gasteiger partial charge in [0.2, 0.25) is 5.88 Å². The van der Waals surface area contributed by atoms with Crippen molar-refractivity contribution in [2.75, 3.05) is 32.1 Å². The smallest absolute Gasteiger partial charge is 0.306 e. The number of benzene rings is 1. The van der Waals surface area contributed by atoms with Crippen molar-refractivity contribution in [3.05, 3.63) is 47.8 Å². The van der Waals surface area contributed by atoms with Crippen LogP contribution in [0.4, 0.5) is 5.82 Å². The Labute approximate surface area is 165 Å². The van der Waals surface area contributed by atoms with Gasteiger partial charge < -0.3 is 14.8 Å². The first-order valence-electron chi connectivity index (χ1n) is 9.81. The molecule has 1 fully saturated rings. The summed E-state index contributed by atoms with van der Waals surface area (Å²) >= 11 is 0. The Balaban J connectivity index is 1.28. The molecule has 0 bridgehead atoms. The van der Waals surface area contributed by atoms with E-state index in [9.17, 15) is 4.79 Å². The van der Waals surface area contributed by atoms with Crippen LogP contribution in [0, 0.1) is 0 Å². The molecule has 0 radical (unpaired) electrons. The van der Waals surface area contributed by atoms with Crippen molar-refractivity contribution in [3.8, 4) is 5.88 Å². The number of nitrogens with one attached hydrogen (secondary N) is 1. The topological polar surface area (TPSA) is 76.6 Å². The van der Waals surface area contributed by atoms with Crippen molar-refractivity contribution in [2.45, 2.75) is 37.8 Å². The lowest BCUT2D eigenvalue weighted by Crippen LogP contribution is -2.27. The molecule has 0 amide bonds. The fourth-order valence-corrected chi connectivity index (χ4v) is 3.97. The Hall–Kier alpha value is -2.67. The summed E-state index contributed by atoms with van der Waals surface area (Å²) in [5.74, 6) is 1.21. The lowest BCUT2D eigenvalue weighted by Gasteiger charge is -2.17. The van der Waals surface area contributed by atoms with Gasteiger partial charge in [-0.15, -0.1) is 0 Å². The average molecular weight is 382 g/mol. The molecule has 0 spiro atoms. The molecule has 7 nitrogen and oxygen atoms in total. The Morgan fingerprint density at radius 1 is 1.25 bits per heavy atom. The third kappa shape index (κ3) is 4.59. The van der Waals surface area contributed by atoms with E-state index in [-0.39, 0.29) is 12.1 Å². The number of aromatic nitrogens is 2. The molecule has 2 heterocycles. The Bertz CT molecular complexity index is 804. The molecule has 1 aromatic heterocycles. The molecule has 4 rings (SSSR count). The number of hydrogen-bond donors (Lipinski definition) is 1. The summed E-state index contributed by atoms with van der Waals surface area (Å²) in [6.07, 6.45) is 4.98. The van der Waals surface area contributed by atoms with Crippen molar-refractivity contribution in [3.63, 3.8) is 0 Å². The second-order valence-corrected chi connectivity index (χ2v) is 7.41. The van der Waals surface area contributed by atoms with Gasteiger partial charge in [0, 0.05) is 31.7 Å². The maximum absolute atomic E-state index is 11.3. The maximum atomic E-state index is 11.3. The van der Waals surface area contributed by atoms with Gasteiger partial charge in [0.15, 0.2) is 0 Å². The molecule has 7 heteroatoms. The molecule has 1 saturated heterocycles.